The van der Waals surface area contributed by atoms with E-state index in [-0.39, 0.29) is 0 Å². The summed E-state index contributed by atoms with van der Waals surface area (Å²) in [4.78, 5) is 5.24. The Hall–Kier alpha value is -1.19. The fourth-order valence-corrected chi connectivity index (χ4v) is 2.32. The average Bonchev–Trinajstić information content (AvgIpc) is 2.63. The van der Waals surface area contributed by atoms with E-state index in [9.17, 15) is 5.11 Å². The van der Waals surface area contributed by atoms with Crippen molar-refractivity contribution >= 4 is 11.3 Å². The van der Waals surface area contributed by atoms with Crippen LogP contribution in [0.25, 0.3) is 0 Å². The Morgan fingerprint density at radius 1 is 1.33 bits per heavy atom. The van der Waals surface area contributed by atoms with Crippen LogP contribution in [0.1, 0.15) is 27.7 Å². The van der Waals surface area contributed by atoms with Gasteiger partial charge in [-0.1, -0.05) is 6.07 Å². The molecule has 2 aromatic heterocycles. The summed E-state index contributed by atoms with van der Waals surface area (Å²) in [6.07, 6.45) is 2.95. The maximum absolute atomic E-state index is 10.2. The van der Waals surface area contributed by atoms with E-state index in [0.29, 0.717) is 0 Å². The van der Waals surface area contributed by atoms with Crippen LogP contribution in [0, 0.1) is 13.8 Å². The number of aliphatic hydroxyl groups is 1. The summed E-state index contributed by atoms with van der Waals surface area (Å²) in [7, 11) is 0. The molecule has 2 aromatic rings. The largest absolute Gasteiger partial charge is 0.384 e. The Bertz CT molecular complexity index is 464. The molecule has 0 bridgehead atoms. The van der Waals surface area contributed by atoms with Crippen LogP contribution in [-0.4, -0.2) is 10.1 Å². The third kappa shape index (κ3) is 2.08. The molecule has 0 radical (unpaired) electrons. The lowest BCUT2D eigenvalue weighted by Gasteiger charge is -2.10. The molecule has 2 nitrogen and oxygen atoms in total. The molecule has 2 heterocycles. The number of nitrogens with zero attached hydrogens (tertiary/aromatic N) is 1. The van der Waals surface area contributed by atoms with Gasteiger partial charge in [0.05, 0.1) is 0 Å². The van der Waals surface area contributed by atoms with E-state index in [0.717, 1.165) is 21.6 Å². The molecule has 0 spiro atoms. The third-order valence-corrected chi connectivity index (χ3v) is 3.27. The van der Waals surface area contributed by atoms with E-state index in [4.69, 9.17) is 0 Å². The molecule has 3 heteroatoms. The van der Waals surface area contributed by atoms with E-state index < -0.39 is 6.10 Å². The van der Waals surface area contributed by atoms with Gasteiger partial charge in [-0.25, -0.2) is 0 Å². The summed E-state index contributed by atoms with van der Waals surface area (Å²) >= 11 is 1.65. The van der Waals surface area contributed by atoms with Gasteiger partial charge in [-0.05, 0) is 36.4 Å². The number of hydrogen-bond donors (Lipinski definition) is 1. The fraction of sp³-hybridized carbons (Fsp3) is 0.250. The van der Waals surface area contributed by atoms with Crippen molar-refractivity contribution < 1.29 is 5.11 Å². The SMILES string of the molecule is Cc1cncc(C(O)c2ccsc2C)c1. The summed E-state index contributed by atoms with van der Waals surface area (Å²) in [6, 6.07) is 3.93. The predicted octanol–water partition coefficient (Wildman–Crippen LogP) is 2.84. The topological polar surface area (TPSA) is 33.1 Å². The molecule has 1 atom stereocenters. The Balaban J connectivity index is 2.36. The normalized spacial score (nSPS) is 12.7. The highest BCUT2D eigenvalue weighted by molar-refractivity contribution is 7.10. The zero-order valence-electron chi connectivity index (χ0n) is 8.77. The lowest BCUT2D eigenvalue weighted by Crippen LogP contribution is -2.00. The second-order valence-electron chi connectivity index (χ2n) is 3.63. The van der Waals surface area contributed by atoms with E-state index in [1.807, 2.05) is 31.4 Å². The van der Waals surface area contributed by atoms with Crippen molar-refractivity contribution in [2.45, 2.75) is 20.0 Å². The first kappa shape index (κ1) is 10.3. The molecule has 0 aromatic carbocycles. The standard InChI is InChI=1S/C12H13NOS/c1-8-5-10(7-13-6-8)12(14)11-3-4-15-9(11)2/h3-7,12,14H,1-2H3. The third-order valence-electron chi connectivity index (χ3n) is 2.41. The Morgan fingerprint density at radius 3 is 2.73 bits per heavy atom. The molecule has 1 N–H and O–H groups in total. The minimum Gasteiger partial charge on any atom is -0.384 e. The van der Waals surface area contributed by atoms with Gasteiger partial charge in [-0.2, -0.15) is 0 Å². The highest BCUT2D eigenvalue weighted by Crippen LogP contribution is 2.27. The van der Waals surface area contributed by atoms with Crippen molar-refractivity contribution in [3.63, 3.8) is 0 Å². The highest BCUT2D eigenvalue weighted by Gasteiger charge is 2.13. The van der Waals surface area contributed by atoms with Gasteiger partial charge in [-0.3, -0.25) is 4.98 Å². The molecule has 0 fully saturated rings. The van der Waals surface area contributed by atoms with Gasteiger partial charge in [-0.15, -0.1) is 11.3 Å². The van der Waals surface area contributed by atoms with Crippen LogP contribution in [0.3, 0.4) is 0 Å². The minimum absolute atomic E-state index is 0.552. The average molecular weight is 219 g/mol. The Morgan fingerprint density at radius 2 is 2.13 bits per heavy atom. The smallest absolute Gasteiger partial charge is 0.107 e. The predicted molar refractivity (Wildman–Crippen MR) is 62.1 cm³/mol. The van der Waals surface area contributed by atoms with E-state index >= 15 is 0 Å². The van der Waals surface area contributed by atoms with Crippen molar-refractivity contribution in [1.29, 1.82) is 0 Å². The zero-order valence-corrected chi connectivity index (χ0v) is 9.58. The molecule has 0 saturated heterocycles. The monoisotopic (exact) mass is 219 g/mol. The molecule has 0 aliphatic carbocycles. The maximum Gasteiger partial charge on any atom is 0.107 e. The number of thiophene rings is 1. The van der Waals surface area contributed by atoms with Crippen molar-refractivity contribution in [2.75, 3.05) is 0 Å². The second-order valence-corrected chi connectivity index (χ2v) is 4.75. The summed E-state index contributed by atoms with van der Waals surface area (Å²) < 4.78 is 0. The number of aliphatic hydroxyl groups excluding tert-OH is 1. The number of pyridine rings is 1. The first-order chi connectivity index (χ1) is 7.18. The van der Waals surface area contributed by atoms with Gasteiger partial charge in [0, 0.05) is 22.8 Å². The Kier molecular flexibility index (Phi) is 2.84. The van der Waals surface area contributed by atoms with Crippen molar-refractivity contribution in [1.82, 2.24) is 4.98 Å². The van der Waals surface area contributed by atoms with Gasteiger partial charge in [0.15, 0.2) is 0 Å². The molecule has 78 valence electrons. The van der Waals surface area contributed by atoms with Crippen LogP contribution in [0.5, 0.6) is 0 Å². The van der Waals surface area contributed by atoms with Crippen LogP contribution in [0.4, 0.5) is 0 Å². The van der Waals surface area contributed by atoms with Crippen LogP contribution in [-0.2, 0) is 0 Å². The quantitative estimate of drug-likeness (QED) is 0.842. The van der Waals surface area contributed by atoms with Gasteiger partial charge in [0.25, 0.3) is 0 Å². The lowest BCUT2D eigenvalue weighted by atomic mass is 10.0. The van der Waals surface area contributed by atoms with Gasteiger partial charge in [0.2, 0.25) is 0 Å². The van der Waals surface area contributed by atoms with Crippen LogP contribution in [0.2, 0.25) is 0 Å². The summed E-state index contributed by atoms with van der Waals surface area (Å²) in [5, 5.41) is 12.1. The van der Waals surface area contributed by atoms with Gasteiger partial charge < -0.3 is 5.11 Å². The summed E-state index contributed by atoms with van der Waals surface area (Å²) in [5.41, 5.74) is 2.91. The molecular weight excluding hydrogens is 206 g/mol. The molecular formula is C12H13NOS. The first-order valence-corrected chi connectivity index (χ1v) is 5.70. The molecule has 2 rings (SSSR count). The number of aromatic nitrogens is 1. The number of rotatable bonds is 2. The van der Waals surface area contributed by atoms with Crippen molar-refractivity contribution in [2.24, 2.45) is 0 Å². The van der Waals surface area contributed by atoms with Crippen LogP contribution in [0.15, 0.2) is 29.9 Å². The lowest BCUT2D eigenvalue weighted by molar-refractivity contribution is 0.219. The van der Waals surface area contributed by atoms with E-state index in [2.05, 4.69) is 4.98 Å². The van der Waals surface area contributed by atoms with E-state index in [1.165, 1.54) is 0 Å². The second kappa shape index (κ2) is 4.13. The fourth-order valence-electron chi connectivity index (χ4n) is 1.59. The maximum atomic E-state index is 10.2. The Labute approximate surface area is 93.2 Å². The summed E-state index contributed by atoms with van der Waals surface area (Å²) in [5.74, 6) is 0. The number of hydrogen-bond acceptors (Lipinski definition) is 3. The number of aryl methyl sites for hydroxylation is 2. The highest BCUT2D eigenvalue weighted by atomic mass is 32.1. The first-order valence-electron chi connectivity index (χ1n) is 4.82. The van der Waals surface area contributed by atoms with Crippen LogP contribution < -0.4 is 0 Å². The van der Waals surface area contributed by atoms with E-state index in [1.54, 1.807) is 23.7 Å². The molecule has 15 heavy (non-hydrogen) atoms. The van der Waals surface area contributed by atoms with Crippen LogP contribution >= 0.6 is 11.3 Å². The molecule has 0 aliphatic heterocycles. The molecule has 1 unspecified atom stereocenters. The van der Waals surface area contributed by atoms with Crippen molar-refractivity contribution in [3.8, 4) is 0 Å². The van der Waals surface area contributed by atoms with Crippen molar-refractivity contribution in [3.05, 3.63) is 51.5 Å². The molecule has 0 saturated carbocycles. The van der Waals surface area contributed by atoms with Gasteiger partial charge in [0.1, 0.15) is 6.10 Å². The zero-order chi connectivity index (χ0) is 10.8. The molecule has 0 aliphatic rings. The minimum atomic E-state index is -0.552. The summed E-state index contributed by atoms with van der Waals surface area (Å²) in [6.45, 7) is 4.00. The van der Waals surface area contributed by atoms with Gasteiger partial charge >= 0.3 is 0 Å². The molecule has 0 amide bonds.